The van der Waals surface area contributed by atoms with Crippen molar-refractivity contribution in [2.75, 3.05) is 13.1 Å². The number of halogens is 3. The summed E-state index contributed by atoms with van der Waals surface area (Å²) < 4.78 is 42.2. The van der Waals surface area contributed by atoms with Gasteiger partial charge in [0.15, 0.2) is 0 Å². The van der Waals surface area contributed by atoms with Crippen LogP contribution in [0.3, 0.4) is 0 Å². The molecule has 0 unspecified atom stereocenters. The van der Waals surface area contributed by atoms with E-state index in [0.717, 1.165) is 18.2 Å². The Morgan fingerprint density at radius 1 is 1.24 bits per heavy atom. The fourth-order valence-corrected chi connectivity index (χ4v) is 3.46. The summed E-state index contributed by atoms with van der Waals surface area (Å²) in [6, 6.07) is 5.74. The molecule has 1 aromatic heterocycles. The molecule has 2 heterocycles. The largest absolute Gasteiger partial charge is 0.416 e. The lowest BCUT2D eigenvalue weighted by Crippen LogP contribution is -2.31. The lowest BCUT2D eigenvalue weighted by molar-refractivity contribution is -0.138. The summed E-state index contributed by atoms with van der Waals surface area (Å²) in [7, 11) is 0. The molecule has 1 N–H and O–H groups in total. The van der Waals surface area contributed by atoms with Crippen molar-refractivity contribution in [1.29, 1.82) is 0 Å². The molecule has 156 valence electrons. The molecule has 0 spiro atoms. The molecule has 9 heteroatoms. The Morgan fingerprint density at radius 2 is 2.00 bits per heavy atom. The number of nitrogens with one attached hydrogen (secondary N) is 1. The Bertz CT molecular complexity index is 921. The van der Waals surface area contributed by atoms with E-state index in [0.29, 0.717) is 24.3 Å². The summed E-state index contributed by atoms with van der Waals surface area (Å²) >= 11 is 0. The first-order valence-corrected chi connectivity index (χ1v) is 9.43. The molecule has 1 saturated heterocycles. The van der Waals surface area contributed by atoms with Gasteiger partial charge in [0.25, 0.3) is 0 Å². The zero-order chi connectivity index (χ0) is 21.2. The van der Waals surface area contributed by atoms with E-state index in [1.165, 1.54) is 10.7 Å². The van der Waals surface area contributed by atoms with Crippen LogP contribution in [-0.2, 0) is 22.3 Å². The molecule has 1 fully saturated rings. The summed E-state index contributed by atoms with van der Waals surface area (Å²) in [4.78, 5) is 25.2. The fraction of sp³-hybridized carbons (Fsp3) is 0.450. The number of alkyl halides is 3. The predicted molar refractivity (Wildman–Crippen MR) is 100 cm³/mol. The molecular formula is C20H23F3N4O2. The number of carbonyl (C=O) groups is 2. The maximum atomic E-state index is 13.6. The zero-order valence-electron chi connectivity index (χ0n) is 16.3. The molecule has 2 amide bonds. The number of amides is 2. The quantitative estimate of drug-likeness (QED) is 0.799. The van der Waals surface area contributed by atoms with Crippen molar-refractivity contribution in [3.63, 3.8) is 0 Å². The van der Waals surface area contributed by atoms with Crippen molar-refractivity contribution in [3.05, 3.63) is 46.8 Å². The van der Waals surface area contributed by atoms with Gasteiger partial charge in [0.1, 0.15) is 0 Å². The Balaban J connectivity index is 1.70. The zero-order valence-corrected chi connectivity index (χ0v) is 16.3. The van der Waals surface area contributed by atoms with Crippen LogP contribution in [0.2, 0.25) is 0 Å². The Labute approximate surface area is 166 Å². The number of rotatable bonds is 6. The minimum atomic E-state index is -4.56. The minimum absolute atomic E-state index is 0.0110. The van der Waals surface area contributed by atoms with Gasteiger partial charge in [-0.05, 0) is 44.0 Å². The number of carbonyl (C=O) groups excluding carboxylic acids is 2. The SMILES string of the molecule is Cc1cc(C)n(-c2ccc(CNC(=O)CCN3CCCC3=O)c(C(F)(F)F)c2)n1. The van der Waals surface area contributed by atoms with Gasteiger partial charge in [-0.3, -0.25) is 9.59 Å². The van der Waals surface area contributed by atoms with Crippen LogP contribution >= 0.6 is 0 Å². The van der Waals surface area contributed by atoms with Crippen molar-refractivity contribution in [2.45, 2.75) is 45.8 Å². The molecule has 0 bridgehead atoms. The first-order valence-electron chi connectivity index (χ1n) is 9.43. The Morgan fingerprint density at radius 3 is 2.59 bits per heavy atom. The molecule has 0 radical (unpaired) electrons. The van der Waals surface area contributed by atoms with Crippen molar-refractivity contribution in [3.8, 4) is 5.69 Å². The van der Waals surface area contributed by atoms with Gasteiger partial charge in [-0.15, -0.1) is 0 Å². The summed E-state index contributed by atoms with van der Waals surface area (Å²) in [5, 5.41) is 6.75. The molecule has 1 aliphatic rings. The highest BCUT2D eigenvalue weighted by atomic mass is 19.4. The van der Waals surface area contributed by atoms with Crippen molar-refractivity contribution < 1.29 is 22.8 Å². The highest BCUT2D eigenvalue weighted by Gasteiger charge is 2.34. The van der Waals surface area contributed by atoms with E-state index < -0.39 is 11.7 Å². The van der Waals surface area contributed by atoms with Crippen molar-refractivity contribution >= 4 is 11.8 Å². The Hall–Kier alpha value is -2.84. The van der Waals surface area contributed by atoms with Crippen LogP contribution in [0.15, 0.2) is 24.3 Å². The first kappa shape index (κ1) is 20.9. The smallest absolute Gasteiger partial charge is 0.352 e. The second kappa shape index (κ2) is 8.26. The van der Waals surface area contributed by atoms with E-state index in [9.17, 15) is 22.8 Å². The van der Waals surface area contributed by atoms with Crippen LogP contribution in [0.5, 0.6) is 0 Å². The molecule has 0 saturated carbocycles. The molecule has 3 rings (SSSR count). The summed E-state index contributed by atoms with van der Waals surface area (Å²) in [5.74, 6) is -0.377. The van der Waals surface area contributed by atoms with Gasteiger partial charge in [0.2, 0.25) is 11.8 Å². The van der Waals surface area contributed by atoms with Gasteiger partial charge < -0.3 is 10.2 Å². The van der Waals surface area contributed by atoms with Crippen molar-refractivity contribution in [2.24, 2.45) is 0 Å². The van der Waals surface area contributed by atoms with E-state index in [1.54, 1.807) is 30.9 Å². The number of hydrogen-bond acceptors (Lipinski definition) is 3. The summed E-state index contributed by atoms with van der Waals surface area (Å²) in [6.07, 6.45) is -3.24. The number of aromatic nitrogens is 2. The van der Waals surface area contributed by atoms with Gasteiger partial charge in [0.05, 0.1) is 16.9 Å². The third-order valence-corrected chi connectivity index (χ3v) is 4.91. The van der Waals surface area contributed by atoms with Gasteiger partial charge in [-0.25, -0.2) is 4.68 Å². The molecule has 29 heavy (non-hydrogen) atoms. The Kier molecular flexibility index (Phi) is 5.95. The molecule has 2 aromatic rings. The van der Waals surface area contributed by atoms with Crippen LogP contribution in [0.1, 0.15) is 41.8 Å². The highest BCUT2D eigenvalue weighted by molar-refractivity contribution is 5.80. The molecule has 1 aliphatic heterocycles. The second-order valence-corrected chi connectivity index (χ2v) is 7.19. The number of benzene rings is 1. The highest BCUT2D eigenvalue weighted by Crippen LogP contribution is 2.33. The summed E-state index contributed by atoms with van der Waals surface area (Å²) in [6.45, 7) is 4.21. The third-order valence-electron chi connectivity index (χ3n) is 4.91. The van der Waals surface area contributed by atoms with Crippen LogP contribution in [0.4, 0.5) is 13.2 Å². The van der Waals surface area contributed by atoms with Gasteiger partial charge >= 0.3 is 6.18 Å². The van der Waals surface area contributed by atoms with E-state index in [1.807, 2.05) is 0 Å². The van der Waals surface area contributed by atoms with E-state index in [4.69, 9.17) is 0 Å². The molecule has 6 nitrogen and oxygen atoms in total. The lowest BCUT2D eigenvalue weighted by atomic mass is 10.1. The monoisotopic (exact) mass is 408 g/mol. The molecule has 0 atom stereocenters. The normalized spacial score (nSPS) is 14.5. The maximum absolute atomic E-state index is 13.6. The average Bonchev–Trinajstić information content (AvgIpc) is 3.21. The minimum Gasteiger partial charge on any atom is -0.352 e. The van der Waals surface area contributed by atoms with Crippen LogP contribution in [0.25, 0.3) is 5.69 Å². The van der Waals surface area contributed by atoms with Gasteiger partial charge in [0, 0.05) is 38.2 Å². The van der Waals surface area contributed by atoms with Crippen LogP contribution in [-0.4, -0.2) is 39.6 Å². The van der Waals surface area contributed by atoms with Crippen LogP contribution < -0.4 is 5.32 Å². The molecule has 0 aliphatic carbocycles. The van der Waals surface area contributed by atoms with Gasteiger partial charge in [-0.1, -0.05) is 6.07 Å². The van der Waals surface area contributed by atoms with E-state index in [-0.39, 0.29) is 36.9 Å². The van der Waals surface area contributed by atoms with Gasteiger partial charge in [-0.2, -0.15) is 18.3 Å². The average molecular weight is 408 g/mol. The number of nitrogens with zero attached hydrogens (tertiary/aromatic N) is 3. The number of hydrogen-bond donors (Lipinski definition) is 1. The summed E-state index contributed by atoms with van der Waals surface area (Å²) in [5.41, 5.74) is 0.925. The van der Waals surface area contributed by atoms with E-state index >= 15 is 0 Å². The van der Waals surface area contributed by atoms with E-state index in [2.05, 4.69) is 10.4 Å². The lowest BCUT2D eigenvalue weighted by Gasteiger charge is -2.17. The molecule has 1 aromatic carbocycles. The second-order valence-electron chi connectivity index (χ2n) is 7.19. The standard InChI is InChI=1S/C20H23F3N4O2/c1-13-10-14(2)27(25-13)16-6-5-15(17(11-16)20(21,22)23)12-24-18(28)7-9-26-8-3-4-19(26)29/h5-6,10-11H,3-4,7-9,12H2,1-2H3,(H,24,28). The third kappa shape index (κ3) is 4.96. The van der Waals surface area contributed by atoms with Crippen LogP contribution in [0, 0.1) is 13.8 Å². The number of aryl methyl sites for hydroxylation is 2. The molecular weight excluding hydrogens is 385 g/mol. The predicted octanol–water partition coefficient (Wildman–Crippen LogP) is 3.14. The fourth-order valence-electron chi connectivity index (χ4n) is 3.46. The topological polar surface area (TPSA) is 67.2 Å². The van der Waals surface area contributed by atoms with Crippen molar-refractivity contribution in [1.82, 2.24) is 20.0 Å². The maximum Gasteiger partial charge on any atom is 0.416 e. The first-order chi connectivity index (χ1) is 13.6. The number of likely N-dealkylation sites (tertiary alicyclic amines) is 1.